The molecular weight excluding hydrogens is 251 g/mol. The number of methoxy groups -OCH3 is 1. The zero-order chi connectivity index (χ0) is 13.0. The third-order valence-electron chi connectivity index (χ3n) is 2.57. The lowest BCUT2D eigenvalue weighted by Crippen LogP contribution is -2.09. The lowest BCUT2D eigenvalue weighted by molar-refractivity contribution is 0.415. The number of aromatic nitrogens is 1. The highest BCUT2D eigenvalue weighted by Crippen LogP contribution is 2.34. The molecule has 1 N–H and O–H groups in total. The Kier molecular flexibility index (Phi) is 4.28. The molecule has 0 radical (unpaired) electrons. The van der Waals surface area contributed by atoms with E-state index in [1.54, 1.807) is 30.7 Å². The van der Waals surface area contributed by atoms with Crippen LogP contribution < -0.4 is 10.1 Å². The first-order valence-corrected chi connectivity index (χ1v) is 6.49. The van der Waals surface area contributed by atoms with Crippen molar-refractivity contribution in [3.8, 4) is 16.2 Å². The Bertz CT molecular complexity index is 527. The third-order valence-corrected chi connectivity index (χ3v) is 3.66. The maximum atomic E-state index is 13.3. The Morgan fingerprint density at radius 3 is 3.00 bits per heavy atom. The van der Waals surface area contributed by atoms with Crippen molar-refractivity contribution in [1.82, 2.24) is 10.3 Å². The van der Waals surface area contributed by atoms with Crippen LogP contribution in [-0.4, -0.2) is 25.7 Å². The van der Waals surface area contributed by atoms with E-state index in [0.717, 1.165) is 28.4 Å². The van der Waals surface area contributed by atoms with Crippen LogP contribution in [0.15, 0.2) is 24.4 Å². The summed E-state index contributed by atoms with van der Waals surface area (Å²) in [4.78, 5) is 5.26. The van der Waals surface area contributed by atoms with Crippen molar-refractivity contribution in [2.45, 2.75) is 6.42 Å². The van der Waals surface area contributed by atoms with Crippen LogP contribution in [0.2, 0.25) is 0 Å². The number of rotatable bonds is 5. The number of benzene rings is 1. The molecule has 2 rings (SSSR count). The molecule has 0 spiro atoms. The van der Waals surface area contributed by atoms with Crippen LogP contribution in [0.25, 0.3) is 10.4 Å². The molecule has 0 aliphatic rings. The van der Waals surface area contributed by atoms with Crippen molar-refractivity contribution in [2.24, 2.45) is 0 Å². The van der Waals surface area contributed by atoms with Gasteiger partial charge in [0.15, 0.2) is 0 Å². The summed E-state index contributed by atoms with van der Waals surface area (Å²) in [7, 11) is 3.49. The summed E-state index contributed by atoms with van der Waals surface area (Å²) < 4.78 is 18.5. The Labute approximate surface area is 110 Å². The third kappa shape index (κ3) is 2.86. The van der Waals surface area contributed by atoms with Gasteiger partial charge < -0.3 is 10.1 Å². The van der Waals surface area contributed by atoms with Crippen molar-refractivity contribution in [3.05, 3.63) is 35.2 Å². The minimum atomic E-state index is -0.268. The highest BCUT2D eigenvalue weighted by Gasteiger charge is 2.10. The van der Waals surface area contributed by atoms with Gasteiger partial charge in [-0.3, -0.25) is 0 Å². The second kappa shape index (κ2) is 5.93. The summed E-state index contributed by atoms with van der Waals surface area (Å²) in [5, 5.41) is 4.11. The largest absolute Gasteiger partial charge is 0.496 e. The van der Waals surface area contributed by atoms with Gasteiger partial charge in [0.1, 0.15) is 11.6 Å². The first kappa shape index (κ1) is 13.0. The van der Waals surface area contributed by atoms with Crippen LogP contribution in [0.1, 0.15) is 5.01 Å². The van der Waals surface area contributed by atoms with Crippen molar-refractivity contribution in [3.63, 3.8) is 0 Å². The van der Waals surface area contributed by atoms with E-state index in [1.165, 1.54) is 12.1 Å². The first-order valence-electron chi connectivity index (χ1n) is 5.68. The maximum Gasteiger partial charge on any atom is 0.127 e. The average molecular weight is 266 g/mol. The summed E-state index contributed by atoms with van der Waals surface area (Å²) >= 11 is 1.57. The minimum absolute atomic E-state index is 0.268. The SMILES string of the molecule is CNCCc1ncc(-c2cc(F)ccc2OC)s1. The summed E-state index contributed by atoms with van der Waals surface area (Å²) in [6.07, 6.45) is 2.64. The molecule has 0 atom stereocenters. The number of nitrogens with zero attached hydrogens (tertiary/aromatic N) is 1. The van der Waals surface area contributed by atoms with E-state index < -0.39 is 0 Å². The molecule has 3 nitrogen and oxygen atoms in total. The van der Waals surface area contributed by atoms with Crippen LogP contribution in [0, 0.1) is 5.82 Å². The molecule has 0 amide bonds. The lowest BCUT2D eigenvalue weighted by atomic mass is 10.2. The number of likely N-dealkylation sites (N-methyl/N-ethyl adjacent to an activating group) is 1. The Morgan fingerprint density at radius 1 is 1.44 bits per heavy atom. The van der Waals surface area contributed by atoms with E-state index >= 15 is 0 Å². The maximum absolute atomic E-state index is 13.3. The van der Waals surface area contributed by atoms with E-state index in [2.05, 4.69) is 10.3 Å². The molecule has 1 heterocycles. The number of hydrogen-bond donors (Lipinski definition) is 1. The molecule has 0 saturated carbocycles. The van der Waals surface area contributed by atoms with Gasteiger partial charge in [-0.15, -0.1) is 11.3 Å². The highest BCUT2D eigenvalue weighted by atomic mass is 32.1. The van der Waals surface area contributed by atoms with Gasteiger partial charge in [0, 0.05) is 24.7 Å². The van der Waals surface area contributed by atoms with Gasteiger partial charge in [0.25, 0.3) is 0 Å². The normalized spacial score (nSPS) is 10.6. The van der Waals surface area contributed by atoms with E-state index in [1.807, 2.05) is 7.05 Å². The van der Waals surface area contributed by atoms with Gasteiger partial charge >= 0.3 is 0 Å². The average Bonchev–Trinajstić information content (AvgIpc) is 2.85. The Balaban J connectivity index is 2.30. The second-order valence-corrected chi connectivity index (χ2v) is 4.93. The van der Waals surface area contributed by atoms with Crippen molar-refractivity contribution >= 4 is 11.3 Å². The van der Waals surface area contributed by atoms with Crippen LogP contribution in [0.5, 0.6) is 5.75 Å². The van der Waals surface area contributed by atoms with Gasteiger partial charge in [-0.25, -0.2) is 9.37 Å². The Morgan fingerprint density at radius 2 is 2.28 bits per heavy atom. The topological polar surface area (TPSA) is 34.2 Å². The molecule has 0 unspecified atom stereocenters. The zero-order valence-corrected chi connectivity index (χ0v) is 11.2. The predicted molar refractivity (Wildman–Crippen MR) is 71.7 cm³/mol. The van der Waals surface area contributed by atoms with E-state index in [4.69, 9.17) is 4.74 Å². The van der Waals surface area contributed by atoms with Gasteiger partial charge in [-0.2, -0.15) is 0 Å². The fraction of sp³-hybridized carbons (Fsp3) is 0.308. The molecule has 0 saturated heterocycles. The van der Waals surface area contributed by atoms with E-state index in [-0.39, 0.29) is 5.82 Å². The molecule has 1 aromatic carbocycles. The standard InChI is InChI=1S/C13H15FN2OS/c1-15-6-5-13-16-8-12(18-13)10-7-9(14)3-4-11(10)17-2/h3-4,7-8,15H,5-6H2,1-2H3. The van der Waals surface area contributed by atoms with Crippen molar-refractivity contribution in [1.29, 1.82) is 0 Å². The van der Waals surface area contributed by atoms with Gasteiger partial charge in [0.05, 0.1) is 17.0 Å². The molecule has 0 fully saturated rings. The smallest absolute Gasteiger partial charge is 0.127 e. The predicted octanol–water partition coefficient (Wildman–Crippen LogP) is 2.72. The number of thiazole rings is 1. The summed E-state index contributed by atoms with van der Waals surface area (Å²) in [5.41, 5.74) is 0.755. The van der Waals surface area contributed by atoms with Crippen LogP contribution >= 0.6 is 11.3 Å². The fourth-order valence-corrected chi connectivity index (χ4v) is 2.59. The highest BCUT2D eigenvalue weighted by molar-refractivity contribution is 7.15. The number of ether oxygens (including phenoxy) is 1. The second-order valence-electron chi connectivity index (χ2n) is 3.82. The minimum Gasteiger partial charge on any atom is -0.496 e. The van der Waals surface area contributed by atoms with Crippen molar-refractivity contribution in [2.75, 3.05) is 20.7 Å². The van der Waals surface area contributed by atoms with Crippen LogP contribution in [0.3, 0.4) is 0 Å². The molecule has 1 aromatic heterocycles. The van der Waals surface area contributed by atoms with Crippen LogP contribution in [0.4, 0.5) is 4.39 Å². The molecule has 5 heteroatoms. The van der Waals surface area contributed by atoms with E-state index in [9.17, 15) is 4.39 Å². The van der Waals surface area contributed by atoms with Crippen molar-refractivity contribution < 1.29 is 9.13 Å². The van der Waals surface area contributed by atoms with Crippen LogP contribution in [-0.2, 0) is 6.42 Å². The molecule has 0 aliphatic carbocycles. The number of nitrogens with one attached hydrogen (secondary N) is 1. The lowest BCUT2D eigenvalue weighted by Gasteiger charge is -2.05. The van der Waals surface area contributed by atoms with Gasteiger partial charge in [-0.05, 0) is 25.2 Å². The molecule has 0 bridgehead atoms. The summed E-state index contributed by atoms with van der Waals surface area (Å²) in [5.74, 6) is 0.399. The molecule has 18 heavy (non-hydrogen) atoms. The molecule has 96 valence electrons. The molecular formula is C13H15FN2OS. The summed E-state index contributed by atoms with van der Waals surface area (Å²) in [6, 6.07) is 4.51. The zero-order valence-electron chi connectivity index (χ0n) is 10.4. The fourth-order valence-electron chi connectivity index (χ4n) is 1.66. The number of halogens is 1. The van der Waals surface area contributed by atoms with Gasteiger partial charge in [0.2, 0.25) is 0 Å². The molecule has 2 aromatic rings. The molecule has 0 aliphatic heterocycles. The monoisotopic (exact) mass is 266 g/mol. The summed E-state index contributed by atoms with van der Waals surface area (Å²) in [6.45, 7) is 0.882. The first-order chi connectivity index (χ1) is 8.74. The van der Waals surface area contributed by atoms with Gasteiger partial charge in [-0.1, -0.05) is 0 Å². The van der Waals surface area contributed by atoms with E-state index in [0.29, 0.717) is 5.75 Å². The quantitative estimate of drug-likeness (QED) is 0.903. The Hall–Kier alpha value is -1.46. The number of hydrogen-bond acceptors (Lipinski definition) is 4.